The first-order valence-corrected chi connectivity index (χ1v) is 14.8. The van der Waals surface area contributed by atoms with Gasteiger partial charge in [-0.2, -0.15) is 0 Å². The minimum absolute atomic E-state index is 0.0936. The Morgan fingerprint density at radius 1 is 1.20 bits per heavy atom. The van der Waals surface area contributed by atoms with Crippen LogP contribution in [-0.2, 0) is 40.4 Å². The highest BCUT2D eigenvalue weighted by Crippen LogP contribution is 2.72. The number of carbonyl (C=O) groups is 2. The van der Waals surface area contributed by atoms with Crippen molar-refractivity contribution in [3.63, 3.8) is 0 Å². The minimum Gasteiger partial charge on any atom is -0.463 e. The van der Waals surface area contributed by atoms with Gasteiger partial charge in [-0.25, -0.2) is 4.79 Å². The Labute approximate surface area is 240 Å². The summed E-state index contributed by atoms with van der Waals surface area (Å²) in [6, 6.07) is 8.33. The molecule has 7 rings (SSSR count). The van der Waals surface area contributed by atoms with Crippen LogP contribution in [0.2, 0.25) is 0 Å². The molecule has 8 nitrogen and oxygen atoms in total. The van der Waals surface area contributed by atoms with E-state index in [0.717, 1.165) is 17.6 Å². The van der Waals surface area contributed by atoms with E-state index in [1.54, 1.807) is 13.0 Å². The fourth-order valence-electron chi connectivity index (χ4n) is 9.08. The van der Waals surface area contributed by atoms with Crippen molar-refractivity contribution in [1.29, 1.82) is 0 Å². The predicted molar refractivity (Wildman–Crippen MR) is 151 cm³/mol. The lowest BCUT2D eigenvalue weighted by atomic mass is 9.41. The van der Waals surface area contributed by atoms with Crippen molar-refractivity contribution in [1.82, 2.24) is 4.98 Å². The fourth-order valence-corrected chi connectivity index (χ4v) is 9.08. The number of carbonyl (C=O) groups excluding carboxylic acids is 2. The standard InChI is InChI=1S/C33H39NO7/c1-7-38-28(36)18(2)17-39-25-15-19-14-21-20-10-8-9-11-22(20)34-26(21)31(19,6)30(5)12-13-32-24(33(25,30)37)16-23(35)27(40-32)29(3,4)41-32/h8-11,16,19,25,27,34,37H,2,7,12-15,17H2,1,3-6H3/t19-,25+,27?,30?,31-,32+,33+/m1/s1. The van der Waals surface area contributed by atoms with Crippen LogP contribution in [0.1, 0.15) is 65.1 Å². The molecule has 2 saturated carbocycles. The van der Waals surface area contributed by atoms with E-state index in [-0.39, 0.29) is 30.5 Å². The molecule has 8 heteroatoms. The SMILES string of the molecule is C=C(CO[C@H]1C[C@H]2Cc3c([nH]c4ccccc34)[C@]2(C)C2(C)CC[C@@]34OC(C(=O)C=C3[C@]12O)C(C)(C)O4)C(=O)OCC. The largest absolute Gasteiger partial charge is 0.463 e. The van der Waals surface area contributed by atoms with Gasteiger partial charge in [0, 0.05) is 39.4 Å². The van der Waals surface area contributed by atoms with Gasteiger partial charge in [0.2, 0.25) is 0 Å². The summed E-state index contributed by atoms with van der Waals surface area (Å²) < 4.78 is 24.6. The summed E-state index contributed by atoms with van der Waals surface area (Å²) in [5.74, 6) is -1.80. The first kappa shape index (κ1) is 27.1. The zero-order chi connectivity index (χ0) is 29.2. The molecule has 1 spiro atoms. The Hall–Kier alpha value is -2.78. The summed E-state index contributed by atoms with van der Waals surface area (Å²) >= 11 is 0. The van der Waals surface area contributed by atoms with Crippen molar-refractivity contribution in [2.45, 2.75) is 94.9 Å². The maximum Gasteiger partial charge on any atom is 0.335 e. The van der Waals surface area contributed by atoms with E-state index in [4.69, 9.17) is 18.9 Å². The lowest BCUT2D eigenvalue weighted by Gasteiger charge is -2.67. The van der Waals surface area contributed by atoms with E-state index < -0.39 is 46.0 Å². The summed E-state index contributed by atoms with van der Waals surface area (Å²) in [6.45, 7) is 13.9. The van der Waals surface area contributed by atoms with E-state index in [1.807, 2.05) is 19.9 Å². The molecule has 3 heterocycles. The van der Waals surface area contributed by atoms with Crippen molar-refractivity contribution < 1.29 is 33.6 Å². The van der Waals surface area contributed by atoms with E-state index in [9.17, 15) is 14.7 Å². The van der Waals surface area contributed by atoms with Crippen LogP contribution in [-0.4, -0.2) is 64.3 Å². The van der Waals surface area contributed by atoms with Gasteiger partial charge < -0.3 is 29.0 Å². The second kappa shape index (κ2) is 8.40. The molecule has 0 radical (unpaired) electrons. The lowest BCUT2D eigenvalue weighted by Crippen LogP contribution is -2.74. The number of ether oxygens (including phenoxy) is 4. The average molecular weight is 562 g/mol. The summed E-state index contributed by atoms with van der Waals surface area (Å²) in [7, 11) is 0. The topological polar surface area (TPSA) is 107 Å². The summed E-state index contributed by atoms with van der Waals surface area (Å²) in [5.41, 5.74) is 0.404. The van der Waals surface area contributed by atoms with Crippen LogP contribution >= 0.6 is 0 Å². The van der Waals surface area contributed by atoms with E-state index in [0.29, 0.717) is 24.8 Å². The zero-order valence-corrected chi connectivity index (χ0v) is 24.5. The number of H-pyrrole nitrogens is 1. The summed E-state index contributed by atoms with van der Waals surface area (Å²) in [5, 5.41) is 14.5. The molecule has 0 amide bonds. The third kappa shape index (κ3) is 3.19. The number of benzene rings is 1. The molecule has 3 aliphatic carbocycles. The van der Waals surface area contributed by atoms with Gasteiger partial charge in [0.15, 0.2) is 17.7 Å². The fraction of sp³-hybridized carbons (Fsp3) is 0.576. The van der Waals surface area contributed by atoms with Gasteiger partial charge in [-0.15, -0.1) is 0 Å². The highest BCUT2D eigenvalue weighted by Gasteiger charge is 2.78. The van der Waals surface area contributed by atoms with Crippen LogP contribution in [0.3, 0.4) is 0 Å². The molecule has 5 aliphatic rings. The third-order valence-electron chi connectivity index (χ3n) is 11.3. The average Bonchev–Trinajstić information content (AvgIpc) is 3.51. The number of ketones is 1. The molecule has 3 fully saturated rings. The van der Waals surface area contributed by atoms with Crippen LogP contribution < -0.4 is 0 Å². The number of para-hydroxylation sites is 1. The number of aromatic nitrogens is 1. The first-order valence-electron chi connectivity index (χ1n) is 14.8. The first-order chi connectivity index (χ1) is 19.3. The second-order valence-electron chi connectivity index (χ2n) is 13.5. The molecule has 1 aromatic heterocycles. The van der Waals surface area contributed by atoms with Gasteiger partial charge in [0.1, 0.15) is 11.2 Å². The van der Waals surface area contributed by atoms with Gasteiger partial charge >= 0.3 is 5.97 Å². The number of esters is 1. The summed E-state index contributed by atoms with van der Waals surface area (Å²) in [6.07, 6.45) is 2.54. The molecule has 1 aromatic carbocycles. The Morgan fingerprint density at radius 2 is 1.95 bits per heavy atom. The van der Waals surface area contributed by atoms with Crippen LogP contribution in [0.5, 0.6) is 0 Å². The highest BCUT2D eigenvalue weighted by atomic mass is 16.8. The Morgan fingerprint density at radius 3 is 2.71 bits per heavy atom. The van der Waals surface area contributed by atoms with Crippen LogP contribution in [0.4, 0.5) is 0 Å². The Balaban J connectivity index is 1.38. The predicted octanol–water partition coefficient (Wildman–Crippen LogP) is 4.44. The van der Waals surface area contributed by atoms with Gasteiger partial charge in [0.25, 0.3) is 0 Å². The zero-order valence-electron chi connectivity index (χ0n) is 24.5. The quantitative estimate of drug-likeness (QED) is 0.411. The van der Waals surface area contributed by atoms with Crippen LogP contribution in [0.25, 0.3) is 10.9 Å². The molecule has 2 aliphatic heterocycles. The maximum atomic E-state index is 13.5. The number of rotatable bonds is 5. The molecule has 2 bridgehead atoms. The summed E-state index contributed by atoms with van der Waals surface area (Å²) in [4.78, 5) is 29.6. The van der Waals surface area contributed by atoms with Crippen molar-refractivity contribution >= 4 is 22.7 Å². The van der Waals surface area contributed by atoms with Crippen molar-refractivity contribution in [3.8, 4) is 0 Å². The number of fused-ring (bicyclic) bond motifs is 9. The van der Waals surface area contributed by atoms with Gasteiger partial charge in [-0.1, -0.05) is 38.6 Å². The third-order valence-corrected chi connectivity index (χ3v) is 11.3. The monoisotopic (exact) mass is 561 g/mol. The van der Waals surface area contributed by atoms with E-state index in [2.05, 4.69) is 43.6 Å². The second-order valence-corrected chi connectivity index (χ2v) is 13.5. The van der Waals surface area contributed by atoms with Gasteiger partial charge in [-0.05, 0) is 63.7 Å². The molecule has 2 aromatic rings. The van der Waals surface area contributed by atoms with E-state index in [1.165, 1.54) is 10.9 Å². The maximum absolute atomic E-state index is 13.5. The molecular formula is C33H39NO7. The molecule has 7 atom stereocenters. The molecule has 41 heavy (non-hydrogen) atoms. The number of nitrogens with one attached hydrogen (secondary N) is 1. The molecule has 2 unspecified atom stereocenters. The number of hydrogen-bond donors (Lipinski definition) is 2. The molecular weight excluding hydrogens is 522 g/mol. The number of hydrogen-bond acceptors (Lipinski definition) is 7. The number of aromatic amines is 1. The molecule has 2 N–H and O–H groups in total. The normalized spacial score (nSPS) is 39.9. The Kier molecular flexibility index (Phi) is 5.55. The Bertz CT molecular complexity index is 1540. The number of aliphatic hydroxyl groups is 1. The van der Waals surface area contributed by atoms with Crippen molar-refractivity contribution in [2.75, 3.05) is 13.2 Å². The van der Waals surface area contributed by atoms with Gasteiger partial charge in [-0.3, -0.25) is 4.79 Å². The molecule has 218 valence electrons. The van der Waals surface area contributed by atoms with Crippen LogP contribution in [0.15, 0.2) is 48.1 Å². The molecule has 1 saturated heterocycles. The van der Waals surface area contributed by atoms with E-state index >= 15 is 0 Å². The van der Waals surface area contributed by atoms with Gasteiger partial charge in [0.05, 0.1) is 24.9 Å². The highest BCUT2D eigenvalue weighted by molar-refractivity contribution is 5.97. The lowest BCUT2D eigenvalue weighted by molar-refractivity contribution is -0.279. The minimum atomic E-state index is -1.63. The van der Waals surface area contributed by atoms with Crippen molar-refractivity contribution in [2.24, 2.45) is 11.3 Å². The smallest absolute Gasteiger partial charge is 0.335 e. The van der Waals surface area contributed by atoms with Crippen molar-refractivity contribution in [3.05, 3.63) is 59.3 Å². The van der Waals surface area contributed by atoms with Crippen LogP contribution in [0, 0.1) is 11.3 Å².